The van der Waals surface area contributed by atoms with Gasteiger partial charge in [0.1, 0.15) is 0 Å². The third kappa shape index (κ3) is 2.42. The van der Waals surface area contributed by atoms with E-state index in [1.807, 2.05) is 13.0 Å². The maximum Gasteiger partial charge on any atom is 0.0422 e. The molecule has 0 aromatic heterocycles. The van der Waals surface area contributed by atoms with Crippen LogP contribution in [-0.2, 0) is 6.54 Å². The molecule has 0 atom stereocenters. The number of benzene rings is 1. The van der Waals surface area contributed by atoms with E-state index in [1.54, 1.807) is 0 Å². The van der Waals surface area contributed by atoms with E-state index in [0.717, 1.165) is 12.2 Å². The molecule has 0 bridgehead atoms. The summed E-state index contributed by atoms with van der Waals surface area (Å²) in [6, 6.07) is 10.4. The van der Waals surface area contributed by atoms with E-state index in [-0.39, 0.29) is 0 Å². The van der Waals surface area contributed by atoms with Crippen LogP contribution in [0.15, 0.2) is 42.6 Å². The van der Waals surface area contributed by atoms with Gasteiger partial charge in [-0.2, -0.15) is 0 Å². The summed E-state index contributed by atoms with van der Waals surface area (Å²) >= 11 is 0. The molecule has 0 spiro atoms. The Morgan fingerprint density at radius 2 is 1.92 bits per heavy atom. The molecule has 0 aliphatic carbocycles. The lowest BCUT2D eigenvalue weighted by Gasteiger charge is -2.18. The highest BCUT2D eigenvalue weighted by Crippen LogP contribution is 2.05. The molecule has 1 aromatic rings. The molecule has 0 aliphatic rings. The summed E-state index contributed by atoms with van der Waals surface area (Å²) < 4.78 is 0. The van der Waals surface area contributed by atoms with Crippen molar-refractivity contribution in [3.8, 4) is 0 Å². The Morgan fingerprint density at radius 1 is 1.33 bits per heavy atom. The van der Waals surface area contributed by atoms with Crippen LogP contribution in [0.3, 0.4) is 0 Å². The largest absolute Gasteiger partial charge is 0.374 e. The second-order valence-electron chi connectivity index (χ2n) is 3.08. The van der Waals surface area contributed by atoms with E-state index < -0.39 is 0 Å². The minimum atomic E-state index is 0.941. The van der Waals surface area contributed by atoms with Crippen molar-refractivity contribution in [2.75, 3.05) is 7.05 Å². The van der Waals surface area contributed by atoms with E-state index in [2.05, 4.69) is 42.8 Å². The third-order valence-corrected chi connectivity index (χ3v) is 1.91. The summed E-state index contributed by atoms with van der Waals surface area (Å²) in [7, 11) is 2.05. The van der Waals surface area contributed by atoms with Gasteiger partial charge >= 0.3 is 0 Å². The zero-order chi connectivity index (χ0) is 8.97. The van der Waals surface area contributed by atoms with Crippen LogP contribution in [0.2, 0.25) is 0 Å². The fourth-order valence-corrected chi connectivity index (χ4v) is 0.992. The highest BCUT2D eigenvalue weighted by atomic mass is 15.1. The molecule has 12 heavy (non-hydrogen) atoms. The van der Waals surface area contributed by atoms with Gasteiger partial charge in [-0.3, -0.25) is 0 Å². The highest BCUT2D eigenvalue weighted by molar-refractivity contribution is 5.15. The van der Waals surface area contributed by atoms with Crippen molar-refractivity contribution in [2.45, 2.75) is 13.5 Å². The van der Waals surface area contributed by atoms with E-state index in [9.17, 15) is 0 Å². The van der Waals surface area contributed by atoms with Crippen LogP contribution in [0.25, 0.3) is 0 Å². The molecule has 64 valence electrons. The van der Waals surface area contributed by atoms with Crippen molar-refractivity contribution < 1.29 is 0 Å². The smallest absolute Gasteiger partial charge is 0.0422 e. The average molecular weight is 161 g/mol. The summed E-state index contributed by atoms with van der Waals surface area (Å²) in [6.45, 7) is 6.83. The Bertz CT molecular complexity index is 251. The summed E-state index contributed by atoms with van der Waals surface area (Å²) in [5.74, 6) is 0. The molecule has 0 aliphatic heterocycles. The molecule has 1 rings (SSSR count). The Balaban J connectivity index is 2.58. The zero-order valence-electron chi connectivity index (χ0n) is 7.75. The van der Waals surface area contributed by atoms with Gasteiger partial charge in [0.15, 0.2) is 0 Å². The quantitative estimate of drug-likeness (QED) is 0.658. The van der Waals surface area contributed by atoms with Gasteiger partial charge in [-0.1, -0.05) is 36.9 Å². The summed E-state index contributed by atoms with van der Waals surface area (Å²) in [5, 5.41) is 0. The van der Waals surface area contributed by atoms with Gasteiger partial charge < -0.3 is 4.90 Å². The van der Waals surface area contributed by atoms with Crippen LogP contribution >= 0.6 is 0 Å². The molecule has 0 fully saturated rings. The van der Waals surface area contributed by atoms with E-state index in [4.69, 9.17) is 0 Å². The molecule has 0 radical (unpaired) electrons. The molecular weight excluding hydrogens is 146 g/mol. The number of hydrogen-bond donors (Lipinski definition) is 0. The topological polar surface area (TPSA) is 3.24 Å². The molecular formula is C11H15N. The second kappa shape index (κ2) is 3.96. The monoisotopic (exact) mass is 161 g/mol. The number of hydrogen-bond acceptors (Lipinski definition) is 1. The SMILES string of the molecule is C=C(C)N(C)Cc1ccccc1. The van der Waals surface area contributed by atoms with Crippen LogP contribution in [0.4, 0.5) is 0 Å². The zero-order valence-corrected chi connectivity index (χ0v) is 7.75. The van der Waals surface area contributed by atoms with Gasteiger partial charge in [0.05, 0.1) is 0 Å². The Hall–Kier alpha value is -1.24. The average Bonchev–Trinajstić information content (AvgIpc) is 2.06. The van der Waals surface area contributed by atoms with Crippen molar-refractivity contribution in [3.63, 3.8) is 0 Å². The van der Waals surface area contributed by atoms with Crippen molar-refractivity contribution in [2.24, 2.45) is 0 Å². The molecule has 0 unspecified atom stereocenters. The lowest BCUT2D eigenvalue weighted by molar-refractivity contribution is 0.414. The van der Waals surface area contributed by atoms with Crippen LogP contribution in [-0.4, -0.2) is 11.9 Å². The first-order valence-electron chi connectivity index (χ1n) is 4.10. The maximum atomic E-state index is 3.88. The predicted molar refractivity (Wildman–Crippen MR) is 52.7 cm³/mol. The Labute approximate surface area is 74.3 Å². The first-order valence-corrected chi connectivity index (χ1v) is 4.10. The first-order chi connectivity index (χ1) is 5.70. The molecule has 1 nitrogen and oxygen atoms in total. The molecule has 1 aromatic carbocycles. The molecule has 0 amide bonds. The van der Waals surface area contributed by atoms with Crippen molar-refractivity contribution >= 4 is 0 Å². The fraction of sp³-hybridized carbons (Fsp3) is 0.273. The van der Waals surface area contributed by atoms with Crippen LogP contribution in [0.1, 0.15) is 12.5 Å². The second-order valence-corrected chi connectivity index (χ2v) is 3.08. The number of nitrogens with zero attached hydrogens (tertiary/aromatic N) is 1. The van der Waals surface area contributed by atoms with Crippen molar-refractivity contribution in [1.29, 1.82) is 0 Å². The third-order valence-electron chi connectivity index (χ3n) is 1.91. The minimum Gasteiger partial charge on any atom is -0.374 e. The fourth-order valence-electron chi connectivity index (χ4n) is 0.992. The summed E-state index contributed by atoms with van der Waals surface area (Å²) in [4.78, 5) is 2.13. The van der Waals surface area contributed by atoms with E-state index in [1.165, 1.54) is 5.56 Å². The lowest BCUT2D eigenvalue weighted by atomic mass is 10.2. The molecule has 0 heterocycles. The van der Waals surface area contributed by atoms with Gasteiger partial charge in [0.2, 0.25) is 0 Å². The minimum absolute atomic E-state index is 0.941. The van der Waals surface area contributed by atoms with E-state index in [0.29, 0.717) is 0 Å². The van der Waals surface area contributed by atoms with Gasteiger partial charge in [-0.25, -0.2) is 0 Å². The summed E-state index contributed by atoms with van der Waals surface area (Å²) in [5.41, 5.74) is 2.42. The van der Waals surface area contributed by atoms with Crippen molar-refractivity contribution in [1.82, 2.24) is 4.90 Å². The Morgan fingerprint density at radius 3 is 2.42 bits per heavy atom. The van der Waals surface area contributed by atoms with Gasteiger partial charge in [-0.15, -0.1) is 0 Å². The first kappa shape index (κ1) is 8.85. The molecule has 0 N–H and O–H groups in total. The summed E-state index contributed by atoms with van der Waals surface area (Å²) in [6.07, 6.45) is 0. The molecule has 0 saturated heterocycles. The predicted octanol–water partition coefficient (Wildman–Crippen LogP) is 2.65. The van der Waals surface area contributed by atoms with Gasteiger partial charge in [0, 0.05) is 19.3 Å². The normalized spacial score (nSPS) is 9.50. The van der Waals surface area contributed by atoms with Gasteiger partial charge in [0.25, 0.3) is 0 Å². The number of allylic oxidation sites excluding steroid dienone is 1. The molecule has 1 heteroatoms. The standard InChI is InChI=1S/C11H15N/c1-10(2)12(3)9-11-7-5-4-6-8-11/h4-8H,1,9H2,2-3H3. The lowest BCUT2D eigenvalue weighted by Crippen LogP contribution is -2.14. The van der Waals surface area contributed by atoms with E-state index >= 15 is 0 Å². The molecule has 0 saturated carbocycles. The van der Waals surface area contributed by atoms with Crippen molar-refractivity contribution in [3.05, 3.63) is 48.2 Å². The van der Waals surface area contributed by atoms with Crippen LogP contribution in [0, 0.1) is 0 Å². The van der Waals surface area contributed by atoms with Crippen LogP contribution in [0.5, 0.6) is 0 Å². The van der Waals surface area contributed by atoms with Gasteiger partial charge in [-0.05, 0) is 12.5 Å². The van der Waals surface area contributed by atoms with Crippen LogP contribution < -0.4 is 0 Å². The highest BCUT2D eigenvalue weighted by Gasteiger charge is 1.96. The maximum absolute atomic E-state index is 3.88. The number of rotatable bonds is 3. The Kier molecular flexibility index (Phi) is 2.92.